The van der Waals surface area contributed by atoms with Crippen LogP contribution in [0, 0.1) is 0 Å². The van der Waals surface area contributed by atoms with Crippen molar-refractivity contribution in [3.63, 3.8) is 0 Å². The number of rotatable bonds is 3. The lowest BCUT2D eigenvalue weighted by Crippen LogP contribution is -2.31. The maximum Gasteiger partial charge on any atom is 0.419 e. The minimum absolute atomic E-state index is 0.178. The molecule has 0 radical (unpaired) electrons. The van der Waals surface area contributed by atoms with Crippen molar-refractivity contribution in [1.29, 1.82) is 0 Å². The van der Waals surface area contributed by atoms with Crippen molar-refractivity contribution in [3.05, 3.63) is 34.3 Å². The standard InChI is InChI=1S/C14H16ClNO4/c1-2-16-10-4-3-9(7-11(10)20-14(16)17)13(15)12-8-18-5-6-19-12/h3-4,7,12-13H,2,5-6,8H2,1H3. The maximum atomic E-state index is 11.7. The van der Waals surface area contributed by atoms with Crippen LogP contribution in [0.2, 0.25) is 0 Å². The van der Waals surface area contributed by atoms with Gasteiger partial charge in [0.1, 0.15) is 6.10 Å². The van der Waals surface area contributed by atoms with Gasteiger partial charge in [0.2, 0.25) is 0 Å². The van der Waals surface area contributed by atoms with Crippen molar-refractivity contribution >= 4 is 22.7 Å². The van der Waals surface area contributed by atoms with Crippen molar-refractivity contribution in [1.82, 2.24) is 4.57 Å². The Morgan fingerprint density at radius 2 is 2.30 bits per heavy atom. The van der Waals surface area contributed by atoms with E-state index in [1.165, 1.54) is 0 Å². The van der Waals surface area contributed by atoms with Crippen LogP contribution in [-0.2, 0) is 16.0 Å². The molecular formula is C14H16ClNO4. The Kier molecular flexibility index (Phi) is 3.83. The van der Waals surface area contributed by atoms with Gasteiger partial charge in [0, 0.05) is 6.54 Å². The molecule has 20 heavy (non-hydrogen) atoms. The molecule has 1 aromatic heterocycles. The summed E-state index contributed by atoms with van der Waals surface area (Å²) in [7, 11) is 0. The molecule has 1 aliphatic rings. The van der Waals surface area contributed by atoms with E-state index >= 15 is 0 Å². The van der Waals surface area contributed by atoms with Crippen LogP contribution in [-0.4, -0.2) is 30.5 Å². The largest absolute Gasteiger partial charge is 0.419 e. The number of nitrogens with zero attached hydrogens (tertiary/aromatic N) is 1. The number of oxazole rings is 1. The summed E-state index contributed by atoms with van der Waals surface area (Å²) in [5, 5.41) is -0.324. The number of benzene rings is 1. The molecule has 0 bridgehead atoms. The first-order valence-corrected chi connectivity index (χ1v) is 7.11. The fourth-order valence-electron chi connectivity index (χ4n) is 2.44. The Labute approximate surface area is 121 Å². The van der Waals surface area contributed by atoms with Gasteiger partial charge in [-0.05, 0) is 24.6 Å². The fourth-order valence-corrected chi connectivity index (χ4v) is 2.72. The number of aromatic nitrogens is 1. The SMILES string of the molecule is CCn1c(=O)oc2cc(C(Cl)C3COCCO3)ccc21. The van der Waals surface area contributed by atoms with Gasteiger partial charge in [0.15, 0.2) is 5.58 Å². The Morgan fingerprint density at radius 1 is 1.45 bits per heavy atom. The molecule has 0 saturated carbocycles. The summed E-state index contributed by atoms with van der Waals surface area (Å²) in [4.78, 5) is 11.7. The van der Waals surface area contributed by atoms with Gasteiger partial charge in [0.25, 0.3) is 0 Å². The lowest BCUT2D eigenvalue weighted by Gasteiger charge is -2.26. The van der Waals surface area contributed by atoms with Gasteiger partial charge < -0.3 is 13.9 Å². The Bertz CT molecular complexity index is 657. The molecule has 108 valence electrons. The van der Waals surface area contributed by atoms with Crippen LogP contribution in [0.3, 0.4) is 0 Å². The van der Waals surface area contributed by atoms with Crippen LogP contribution in [0.25, 0.3) is 11.1 Å². The Morgan fingerprint density at radius 3 is 3.00 bits per heavy atom. The number of fused-ring (bicyclic) bond motifs is 1. The smallest absolute Gasteiger partial charge is 0.408 e. The van der Waals surface area contributed by atoms with Crippen LogP contribution in [0.5, 0.6) is 0 Å². The lowest BCUT2D eigenvalue weighted by atomic mass is 10.1. The molecule has 5 nitrogen and oxygen atoms in total. The van der Waals surface area contributed by atoms with Crippen LogP contribution < -0.4 is 5.76 Å². The molecule has 0 N–H and O–H groups in total. The first-order valence-electron chi connectivity index (χ1n) is 6.67. The molecule has 0 spiro atoms. The normalized spacial score (nSPS) is 21.2. The molecule has 1 saturated heterocycles. The summed E-state index contributed by atoms with van der Waals surface area (Å²) in [6.45, 7) is 4.12. The van der Waals surface area contributed by atoms with E-state index in [1.807, 2.05) is 19.1 Å². The highest BCUT2D eigenvalue weighted by Gasteiger charge is 2.25. The average Bonchev–Trinajstić information content (AvgIpc) is 2.81. The van der Waals surface area contributed by atoms with Gasteiger partial charge in [-0.3, -0.25) is 4.57 Å². The van der Waals surface area contributed by atoms with E-state index in [-0.39, 0.29) is 17.2 Å². The van der Waals surface area contributed by atoms with Gasteiger partial charge in [-0.15, -0.1) is 11.6 Å². The topological polar surface area (TPSA) is 53.6 Å². The van der Waals surface area contributed by atoms with Crippen LogP contribution in [0.1, 0.15) is 17.9 Å². The van der Waals surface area contributed by atoms with Gasteiger partial charge in [-0.25, -0.2) is 4.79 Å². The quantitative estimate of drug-likeness (QED) is 0.816. The maximum absolute atomic E-state index is 11.7. The zero-order valence-corrected chi connectivity index (χ0v) is 11.9. The number of halogens is 1. The van der Waals surface area contributed by atoms with Crippen LogP contribution >= 0.6 is 11.6 Å². The second-order valence-corrected chi connectivity index (χ2v) is 5.20. The predicted octanol–water partition coefficient (Wildman–Crippen LogP) is 2.31. The Hall–Kier alpha value is -1.30. The second kappa shape index (κ2) is 5.60. The van der Waals surface area contributed by atoms with E-state index in [4.69, 9.17) is 25.5 Å². The molecule has 2 atom stereocenters. The fraction of sp³-hybridized carbons (Fsp3) is 0.500. The van der Waals surface area contributed by atoms with Gasteiger partial charge >= 0.3 is 5.76 Å². The third-order valence-corrected chi connectivity index (χ3v) is 4.03. The minimum atomic E-state index is -0.344. The second-order valence-electron chi connectivity index (χ2n) is 4.73. The molecule has 0 amide bonds. The molecule has 0 aliphatic carbocycles. The van der Waals surface area contributed by atoms with E-state index in [2.05, 4.69) is 0 Å². The molecule has 2 aromatic rings. The van der Waals surface area contributed by atoms with E-state index in [1.54, 1.807) is 10.6 Å². The molecule has 1 aliphatic heterocycles. The molecule has 3 rings (SSSR count). The number of ether oxygens (including phenoxy) is 2. The molecule has 1 aromatic carbocycles. The van der Waals surface area contributed by atoms with Crippen LogP contribution in [0.4, 0.5) is 0 Å². The minimum Gasteiger partial charge on any atom is -0.408 e. The first-order chi connectivity index (χ1) is 9.70. The highest BCUT2D eigenvalue weighted by Crippen LogP contribution is 2.30. The monoisotopic (exact) mass is 297 g/mol. The highest BCUT2D eigenvalue weighted by molar-refractivity contribution is 6.21. The molecule has 1 fully saturated rings. The van der Waals surface area contributed by atoms with Crippen molar-refractivity contribution in [2.24, 2.45) is 0 Å². The molecule has 2 heterocycles. The lowest BCUT2D eigenvalue weighted by molar-refractivity contribution is -0.0892. The van der Waals surface area contributed by atoms with E-state index in [0.29, 0.717) is 31.9 Å². The third-order valence-electron chi connectivity index (χ3n) is 3.50. The van der Waals surface area contributed by atoms with Crippen molar-refractivity contribution in [2.75, 3.05) is 19.8 Å². The average molecular weight is 298 g/mol. The summed E-state index contributed by atoms with van der Waals surface area (Å²) in [5.74, 6) is -0.344. The zero-order valence-electron chi connectivity index (χ0n) is 11.2. The summed E-state index contributed by atoms with van der Waals surface area (Å²) < 4.78 is 17.8. The highest BCUT2D eigenvalue weighted by atomic mass is 35.5. The Balaban J connectivity index is 1.94. The molecule has 2 unspecified atom stereocenters. The van der Waals surface area contributed by atoms with Gasteiger partial charge in [0.05, 0.1) is 30.7 Å². The number of hydrogen-bond donors (Lipinski definition) is 0. The summed E-state index contributed by atoms with van der Waals surface area (Å²) in [6, 6.07) is 5.57. The van der Waals surface area contributed by atoms with Crippen LogP contribution in [0.15, 0.2) is 27.4 Å². The number of hydrogen-bond acceptors (Lipinski definition) is 4. The van der Waals surface area contributed by atoms with Gasteiger partial charge in [-0.1, -0.05) is 6.07 Å². The summed E-state index contributed by atoms with van der Waals surface area (Å²) in [6.07, 6.45) is -0.178. The summed E-state index contributed by atoms with van der Waals surface area (Å²) >= 11 is 6.43. The number of aryl methyl sites for hydroxylation is 1. The predicted molar refractivity (Wildman–Crippen MR) is 75.3 cm³/mol. The third kappa shape index (κ3) is 2.37. The first kappa shape index (κ1) is 13.7. The zero-order chi connectivity index (χ0) is 14.1. The van der Waals surface area contributed by atoms with E-state index < -0.39 is 0 Å². The number of alkyl halides is 1. The molecule has 6 heteroatoms. The molecular weight excluding hydrogens is 282 g/mol. The summed E-state index contributed by atoms with van der Waals surface area (Å²) in [5.41, 5.74) is 2.20. The van der Waals surface area contributed by atoms with E-state index in [0.717, 1.165) is 11.1 Å². The van der Waals surface area contributed by atoms with Gasteiger partial charge in [-0.2, -0.15) is 0 Å². The van der Waals surface area contributed by atoms with E-state index in [9.17, 15) is 4.79 Å². The van der Waals surface area contributed by atoms with Crippen molar-refractivity contribution in [2.45, 2.75) is 24.9 Å². The van der Waals surface area contributed by atoms with Crippen molar-refractivity contribution < 1.29 is 13.9 Å². The van der Waals surface area contributed by atoms with Crippen molar-refractivity contribution in [3.8, 4) is 0 Å².